The second kappa shape index (κ2) is 25.1. The highest BCUT2D eigenvalue weighted by Crippen LogP contribution is 2.17. The third kappa shape index (κ3) is 18.8. The smallest absolute Gasteiger partial charge is 0.407 e. The summed E-state index contributed by atoms with van der Waals surface area (Å²) < 4.78 is 23.5. The summed E-state index contributed by atoms with van der Waals surface area (Å²) in [6, 6.07) is 19.6. The van der Waals surface area contributed by atoms with Crippen LogP contribution in [0, 0.1) is 0 Å². The number of carbonyl (C=O) groups is 2. The minimum absolute atomic E-state index is 0.0348. The fourth-order valence-electron chi connectivity index (χ4n) is 5.79. The largest absolute Gasteiger partial charge is 0.445 e. The van der Waals surface area contributed by atoms with Gasteiger partial charge in [0.25, 0.3) is 0 Å². The molecule has 8 heteroatoms. The number of unbranched alkanes of at least 4 members (excludes halogenated alkanes) is 8. The molecule has 0 bridgehead atoms. The van der Waals surface area contributed by atoms with Gasteiger partial charge in [0, 0.05) is 13.2 Å². The van der Waals surface area contributed by atoms with Crippen LogP contribution in [-0.4, -0.2) is 50.2 Å². The van der Waals surface area contributed by atoms with E-state index in [4.69, 9.17) is 18.9 Å². The van der Waals surface area contributed by atoms with Crippen molar-refractivity contribution in [2.45, 2.75) is 141 Å². The Balaban J connectivity index is 1.45. The average Bonchev–Trinajstić information content (AvgIpc) is 3.10. The first kappa shape index (κ1) is 38.5. The highest BCUT2D eigenvalue weighted by molar-refractivity contribution is 5.76. The Bertz CT molecular complexity index is 1060. The molecule has 1 unspecified atom stereocenters. The average molecular weight is 653 g/mol. The van der Waals surface area contributed by atoms with Gasteiger partial charge in [-0.05, 0) is 49.7 Å². The summed E-state index contributed by atoms with van der Waals surface area (Å²) in [5.41, 5.74) is 2.05. The van der Waals surface area contributed by atoms with Crippen LogP contribution in [0.15, 0.2) is 60.7 Å². The first-order valence-corrected chi connectivity index (χ1v) is 18.2. The molecule has 0 saturated carbocycles. The summed E-state index contributed by atoms with van der Waals surface area (Å²) in [5.74, 6) is -0.0348. The van der Waals surface area contributed by atoms with E-state index in [-0.39, 0.29) is 30.9 Å². The van der Waals surface area contributed by atoms with Crippen LogP contribution >= 0.6 is 0 Å². The van der Waals surface area contributed by atoms with Gasteiger partial charge in [-0.3, -0.25) is 4.79 Å². The van der Waals surface area contributed by atoms with Gasteiger partial charge in [-0.2, -0.15) is 0 Å². The molecule has 3 atom stereocenters. The predicted octanol–water partition coefficient (Wildman–Crippen LogP) is 8.62. The molecule has 3 rings (SSSR count). The number of rotatable bonds is 25. The van der Waals surface area contributed by atoms with Crippen LogP contribution in [0.1, 0.15) is 121 Å². The Morgan fingerprint density at radius 3 is 2.13 bits per heavy atom. The van der Waals surface area contributed by atoms with Gasteiger partial charge in [0.1, 0.15) is 6.61 Å². The van der Waals surface area contributed by atoms with Gasteiger partial charge < -0.3 is 29.6 Å². The van der Waals surface area contributed by atoms with Crippen LogP contribution in [0.3, 0.4) is 0 Å². The minimum Gasteiger partial charge on any atom is -0.445 e. The van der Waals surface area contributed by atoms with E-state index >= 15 is 0 Å². The maximum atomic E-state index is 13.4. The molecule has 0 spiro atoms. The van der Waals surface area contributed by atoms with Crippen molar-refractivity contribution in [2.24, 2.45) is 0 Å². The number of alkyl carbamates (subject to hydrolysis) is 1. The lowest BCUT2D eigenvalue weighted by atomic mass is 10.0. The van der Waals surface area contributed by atoms with Gasteiger partial charge in [0.2, 0.25) is 5.91 Å². The normalized spacial score (nSPS) is 15.9. The zero-order valence-corrected chi connectivity index (χ0v) is 28.8. The fraction of sp³-hybridized carbons (Fsp3) is 0.641. The maximum Gasteiger partial charge on any atom is 0.407 e. The van der Waals surface area contributed by atoms with Gasteiger partial charge in [-0.15, -0.1) is 0 Å². The van der Waals surface area contributed by atoms with Crippen molar-refractivity contribution in [3.05, 3.63) is 71.8 Å². The summed E-state index contributed by atoms with van der Waals surface area (Å²) in [5, 5.41) is 6.03. The Morgan fingerprint density at radius 1 is 0.809 bits per heavy atom. The van der Waals surface area contributed by atoms with Crippen LogP contribution in [-0.2, 0) is 37.0 Å². The topological polar surface area (TPSA) is 95.1 Å². The maximum absolute atomic E-state index is 13.4. The number of benzene rings is 2. The summed E-state index contributed by atoms with van der Waals surface area (Å²) in [4.78, 5) is 25.6. The van der Waals surface area contributed by atoms with Gasteiger partial charge in [0.05, 0.1) is 31.8 Å². The summed E-state index contributed by atoms with van der Waals surface area (Å²) in [6.45, 7) is 4.49. The highest BCUT2D eigenvalue weighted by atomic mass is 16.7. The molecule has 262 valence electrons. The van der Waals surface area contributed by atoms with Gasteiger partial charge >= 0.3 is 6.09 Å². The van der Waals surface area contributed by atoms with Crippen molar-refractivity contribution < 1.29 is 28.5 Å². The Labute approximate surface area is 283 Å². The van der Waals surface area contributed by atoms with Gasteiger partial charge in [-0.25, -0.2) is 4.79 Å². The molecule has 47 heavy (non-hydrogen) atoms. The molecule has 2 amide bonds. The van der Waals surface area contributed by atoms with E-state index in [1.165, 1.54) is 51.4 Å². The lowest BCUT2D eigenvalue weighted by Crippen LogP contribution is -2.41. The Kier molecular flexibility index (Phi) is 20.6. The van der Waals surface area contributed by atoms with Crippen molar-refractivity contribution in [3.63, 3.8) is 0 Å². The van der Waals surface area contributed by atoms with E-state index in [0.717, 1.165) is 43.2 Å². The van der Waals surface area contributed by atoms with E-state index in [0.29, 0.717) is 45.6 Å². The summed E-state index contributed by atoms with van der Waals surface area (Å²) in [6.07, 6.45) is 16.0. The summed E-state index contributed by atoms with van der Waals surface area (Å²) >= 11 is 0. The number of hydrogen-bond acceptors (Lipinski definition) is 6. The fourth-order valence-corrected chi connectivity index (χ4v) is 5.79. The number of ether oxygens (including phenoxy) is 4. The molecule has 1 aliphatic rings. The molecule has 0 radical (unpaired) electrons. The molecule has 1 heterocycles. The third-order valence-corrected chi connectivity index (χ3v) is 8.57. The molecule has 0 aromatic heterocycles. The van der Waals surface area contributed by atoms with Crippen molar-refractivity contribution in [1.82, 2.24) is 10.6 Å². The SMILES string of the molecule is CCCCCCCCCCC[C@H](CC(=O)N[C@H](CCCNC(=O)OCc1ccccc1)COC1CCCCO1)OCc1ccccc1. The standard InChI is InChI=1S/C39H60N2O6/c1-2-3-4-5-6-7-8-9-16-25-36(45-30-33-20-12-10-13-21-33)29-37(42)41-35(32-46-38-26-17-18-28-44-38)24-19-27-40-39(43)47-31-34-22-14-11-15-23-34/h10-15,20-23,35-36,38H,2-9,16-19,24-32H2,1H3,(H,40,43)(H,41,42)/t35-,36-,38?/m1/s1. The number of nitrogens with one attached hydrogen (secondary N) is 2. The van der Waals surface area contributed by atoms with Gasteiger partial charge in [-0.1, -0.05) is 125 Å². The van der Waals surface area contributed by atoms with E-state index < -0.39 is 6.09 Å². The van der Waals surface area contributed by atoms with Crippen LogP contribution in [0.2, 0.25) is 0 Å². The molecule has 0 aliphatic carbocycles. The molecule has 2 aromatic rings. The van der Waals surface area contributed by atoms with Crippen molar-refractivity contribution in [2.75, 3.05) is 19.8 Å². The lowest BCUT2D eigenvalue weighted by Gasteiger charge is -2.26. The molecule has 1 fully saturated rings. The Morgan fingerprint density at radius 2 is 1.47 bits per heavy atom. The van der Waals surface area contributed by atoms with E-state index in [1.54, 1.807) is 0 Å². The van der Waals surface area contributed by atoms with Crippen LogP contribution < -0.4 is 10.6 Å². The van der Waals surface area contributed by atoms with Crippen molar-refractivity contribution >= 4 is 12.0 Å². The van der Waals surface area contributed by atoms with E-state index in [2.05, 4.69) is 29.7 Å². The molecular weight excluding hydrogens is 592 g/mol. The highest BCUT2D eigenvalue weighted by Gasteiger charge is 2.21. The third-order valence-electron chi connectivity index (χ3n) is 8.57. The van der Waals surface area contributed by atoms with Crippen molar-refractivity contribution in [1.29, 1.82) is 0 Å². The monoisotopic (exact) mass is 652 g/mol. The minimum atomic E-state index is -0.448. The quantitative estimate of drug-likeness (QED) is 0.104. The second-order valence-corrected chi connectivity index (χ2v) is 12.8. The van der Waals surface area contributed by atoms with Crippen LogP contribution in [0.5, 0.6) is 0 Å². The van der Waals surface area contributed by atoms with Crippen LogP contribution in [0.4, 0.5) is 4.79 Å². The number of hydrogen-bond donors (Lipinski definition) is 2. The first-order chi connectivity index (χ1) is 23.1. The number of amides is 2. The zero-order valence-electron chi connectivity index (χ0n) is 28.8. The van der Waals surface area contributed by atoms with Crippen molar-refractivity contribution in [3.8, 4) is 0 Å². The first-order valence-electron chi connectivity index (χ1n) is 18.2. The zero-order chi connectivity index (χ0) is 33.2. The van der Waals surface area contributed by atoms with Gasteiger partial charge in [0.15, 0.2) is 6.29 Å². The van der Waals surface area contributed by atoms with E-state index in [9.17, 15) is 9.59 Å². The molecule has 1 saturated heterocycles. The summed E-state index contributed by atoms with van der Waals surface area (Å²) in [7, 11) is 0. The molecule has 1 aliphatic heterocycles. The van der Waals surface area contributed by atoms with Crippen LogP contribution in [0.25, 0.3) is 0 Å². The molecular formula is C39H60N2O6. The molecule has 8 nitrogen and oxygen atoms in total. The lowest BCUT2D eigenvalue weighted by molar-refractivity contribution is -0.167. The molecule has 2 N–H and O–H groups in total. The predicted molar refractivity (Wildman–Crippen MR) is 187 cm³/mol. The second-order valence-electron chi connectivity index (χ2n) is 12.8. The van der Waals surface area contributed by atoms with E-state index in [1.807, 2.05) is 48.5 Å². The number of carbonyl (C=O) groups excluding carboxylic acids is 2. The molecule has 2 aromatic carbocycles. The Hall–Kier alpha value is -2.94.